The van der Waals surface area contributed by atoms with Crippen LogP contribution in [0.3, 0.4) is 0 Å². The summed E-state index contributed by atoms with van der Waals surface area (Å²) in [6, 6.07) is 0. The van der Waals surface area contributed by atoms with Gasteiger partial charge in [-0.05, 0) is 6.42 Å². The minimum atomic E-state index is -0.654. The summed E-state index contributed by atoms with van der Waals surface area (Å²) in [6.45, 7) is 2.27. The van der Waals surface area contributed by atoms with Crippen LogP contribution in [0, 0.1) is 0 Å². The van der Waals surface area contributed by atoms with Crippen molar-refractivity contribution in [2.24, 2.45) is 0 Å². The fourth-order valence-electron chi connectivity index (χ4n) is 2.47. The average Bonchev–Trinajstić information content (AvgIpc) is 2.39. The van der Waals surface area contributed by atoms with Gasteiger partial charge in [-0.15, -0.1) is 0 Å². The Labute approximate surface area is 169 Å². The van der Waals surface area contributed by atoms with E-state index in [1.54, 1.807) is 0 Å². The number of carboxylic acids is 1. The van der Waals surface area contributed by atoms with E-state index in [2.05, 4.69) is 6.92 Å². The largest absolute Gasteiger partial charge is 2.00 e. The first-order valence-electron chi connectivity index (χ1n) is 8.49. The van der Waals surface area contributed by atoms with Crippen LogP contribution in [0.1, 0.15) is 106 Å². The van der Waals surface area contributed by atoms with E-state index in [1.165, 1.54) is 77.0 Å². The van der Waals surface area contributed by atoms with Crippen LogP contribution in [0.4, 0.5) is 0 Å². The van der Waals surface area contributed by atoms with Crippen LogP contribution in [-0.4, -0.2) is 60.0 Å². The molecule has 0 aromatic heterocycles. The molecule has 0 aliphatic carbocycles. The smallest absolute Gasteiger partial charge is 1.00 e. The zero-order valence-electron chi connectivity index (χ0n) is 15.7. The molecule has 0 rings (SSSR count). The fourth-order valence-corrected chi connectivity index (χ4v) is 2.47. The van der Waals surface area contributed by atoms with E-state index in [4.69, 9.17) is 5.11 Å². The molecule has 0 saturated heterocycles. The maximum Gasteiger partial charge on any atom is 2.00 e. The van der Waals surface area contributed by atoms with Crippen LogP contribution in [0.15, 0.2) is 0 Å². The van der Waals surface area contributed by atoms with Crippen molar-refractivity contribution in [1.82, 2.24) is 0 Å². The molecular weight excluding hydrogens is 374 g/mol. The Morgan fingerprint density at radius 2 is 1.00 bits per heavy atom. The van der Waals surface area contributed by atoms with E-state index < -0.39 is 5.97 Å². The third-order valence-corrected chi connectivity index (χ3v) is 3.74. The Morgan fingerprint density at radius 1 is 0.700 bits per heavy atom. The van der Waals surface area contributed by atoms with Gasteiger partial charge in [0.2, 0.25) is 0 Å². The molecular formula is C17H36BaO2. The van der Waals surface area contributed by atoms with E-state index >= 15 is 0 Å². The maximum absolute atomic E-state index is 10.3. The van der Waals surface area contributed by atoms with E-state index in [-0.39, 0.29) is 51.7 Å². The monoisotopic (exact) mass is 410 g/mol. The summed E-state index contributed by atoms with van der Waals surface area (Å²) in [4.78, 5) is 10.3. The molecule has 20 heavy (non-hydrogen) atoms. The summed E-state index contributed by atoms with van der Waals surface area (Å²) in [5, 5.41) is 8.50. The summed E-state index contributed by atoms with van der Waals surface area (Å²) in [6.07, 6.45) is 18.7. The van der Waals surface area contributed by atoms with Gasteiger partial charge in [-0.2, -0.15) is 0 Å². The van der Waals surface area contributed by atoms with E-state index in [0.717, 1.165) is 12.8 Å². The molecule has 3 heteroatoms. The van der Waals surface area contributed by atoms with Gasteiger partial charge >= 0.3 is 54.9 Å². The van der Waals surface area contributed by atoms with Crippen molar-refractivity contribution in [3.63, 3.8) is 0 Å². The predicted molar refractivity (Wildman–Crippen MR) is 90.5 cm³/mol. The van der Waals surface area contributed by atoms with E-state index in [0.29, 0.717) is 6.42 Å². The SMILES string of the molecule is CCCCCCCCCCCCCCCCC(=O)O.[Ba+2].[H-].[H-]. The molecule has 0 atom stereocenters. The minimum Gasteiger partial charge on any atom is -1.00 e. The molecule has 0 amide bonds. The molecule has 0 unspecified atom stereocenters. The molecule has 0 fully saturated rings. The summed E-state index contributed by atoms with van der Waals surface area (Å²) in [5.41, 5.74) is 0. The number of rotatable bonds is 15. The van der Waals surface area contributed by atoms with Crippen molar-refractivity contribution < 1.29 is 12.8 Å². The molecule has 0 heterocycles. The molecule has 118 valence electrons. The standard InChI is InChI=1S/C17H34O2.Ba.2H/c1-2-3-4-5-6-7-8-9-10-11-12-13-14-15-16-17(18)19;;;/h2-16H2,1H3,(H,18,19);;;/q;+2;2*-1. The Morgan fingerprint density at radius 3 is 1.30 bits per heavy atom. The quantitative estimate of drug-likeness (QED) is 0.275. The van der Waals surface area contributed by atoms with Gasteiger partial charge in [-0.3, -0.25) is 4.79 Å². The molecule has 0 aromatic carbocycles. The second-order valence-corrected chi connectivity index (χ2v) is 5.74. The first kappa shape index (κ1) is 23.3. The van der Waals surface area contributed by atoms with Gasteiger partial charge in [0.05, 0.1) is 0 Å². The van der Waals surface area contributed by atoms with Crippen LogP contribution in [0.25, 0.3) is 0 Å². The van der Waals surface area contributed by atoms with Crippen molar-refractivity contribution in [2.45, 2.75) is 103 Å². The van der Waals surface area contributed by atoms with Crippen LogP contribution in [-0.2, 0) is 4.79 Å². The van der Waals surface area contributed by atoms with Gasteiger partial charge in [0.25, 0.3) is 0 Å². The van der Waals surface area contributed by atoms with Gasteiger partial charge in [-0.1, -0.05) is 90.4 Å². The third kappa shape index (κ3) is 21.3. The Kier molecular flexibility index (Phi) is 23.4. The molecule has 0 bridgehead atoms. The van der Waals surface area contributed by atoms with Gasteiger partial charge in [0.15, 0.2) is 0 Å². The third-order valence-electron chi connectivity index (χ3n) is 3.74. The second-order valence-electron chi connectivity index (χ2n) is 5.74. The Bertz CT molecular complexity index is 205. The molecule has 0 spiro atoms. The average molecular weight is 410 g/mol. The second kappa shape index (κ2) is 20.0. The molecule has 2 nitrogen and oxygen atoms in total. The molecule has 1 N–H and O–H groups in total. The van der Waals surface area contributed by atoms with Crippen LogP contribution >= 0.6 is 0 Å². The first-order chi connectivity index (χ1) is 9.27. The number of carboxylic acid groups (broad SMARTS) is 1. The van der Waals surface area contributed by atoms with Crippen LogP contribution < -0.4 is 0 Å². The summed E-state index contributed by atoms with van der Waals surface area (Å²) < 4.78 is 0. The molecule has 0 aromatic rings. The number of aliphatic carboxylic acids is 1. The number of hydrogen-bond acceptors (Lipinski definition) is 1. The number of unbranched alkanes of at least 4 members (excludes halogenated alkanes) is 13. The van der Waals surface area contributed by atoms with E-state index in [1.807, 2.05) is 0 Å². The van der Waals surface area contributed by atoms with E-state index in [9.17, 15) is 4.79 Å². The summed E-state index contributed by atoms with van der Waals surface area (Å²) in [5.74, 6) is -0.654. The number of hydrogen-bond donors (Lipinski definition) is 1. The zero-order chi connectivity index (χ0) is 14.2. The van der Waals surface area contributed by atoms with Gasteiger partial charge in [-0.25, -0.2) is 0 Å². The van der Waals surface area contributed by atoms with Crippen molar-refractivity contribution in [3.8, 4) is 0 Å². The topological polar surface area (TPSA) is 37.3 Å². The van der Waals surface area contributed by atoms with Crippen molar-refractivity contribution in [2.75, 3.05) is 0 Å². The first-order valence-corrected chi connectivity index (χ1v) is 8.49. The molecule has 0 radical (unpaired) electrons. The van der Waals surface area contributed by atoms with Crippen molar-refractivity contribution in [3.05, 3.63) is 0 Å². The molecule has 0 aliphatic rings. The number of carbonyl (C=O) groups is 1. The van der Waals surface area contributed by atoms with Crippen molar-refractivity contribution in [1.29, 1.82) is 0 Å². The summed E-state index contributed by atoms with van der Waals surface area (Å²) >= 11 is 0. The Hall–Kier alpha value is 1.04. The summed E-state index contributed by atoms with van der Waals surface area (Å²) in [7, 11) is 0. The normalized spacial score (nSPS) is 10.2. The van der Waals surface area contributed by atoms with Crippen LogP contribution in [0.5, 0.6) is 0 Å². The molecule has 0 aliphatic heterocycles. The van der Waals surface area contributed by atoms with Gasteiger partial charge in [0.1, 0.15) is 0 Å². The predicted octanol–water partition coefficient (Wildman–Crippen LogP) is 5.79. The van der Waals surface area contributed by atoms with Gasteiger partial charge in [0, 0.05) is 6.42 Å². The minimum absolute atomic E-state index is 0. The van der Waals surface area contributed by atoms with Crippen LogP contribution in [0.2, 0.25) is 0 Å². The molecule has 0 saturated carbocycles. The Balaban J connectivity index is -0.000000540. The van der Waals surface area contributed by atoms with Gasteiger partial charge < -0.3 is 7.96 Å². The fraction of sp³-hybridized carbons (Fsp3) is 0.941. The van der Waals surface area contributed by atoms with Crippen molar-refractivity contribution >= 4 is 54.9 Å². The maximum atomic E-state index is 10.3. The zero-order valence-corrected chi connectivity index (χ0v) is 18.1.